The van der Waals surface area contributed by atoms with Gasteiger partial charge in [0.15, 0.2) is 0 Å². The van der Waals surface area contributed by atoms with Crippen LogP contribution in [-0.2, 0) is 6.54 Å². The lowest BCUT2D eigenvalue weighted by Crippen LogP contribution is -2.34. The van der Waals surface area contributed by atoms with Gasteiger partial charge in [-0.2, -0.15) is 5.10 Å². The third-order valence-electron chi connectivity index (χ3n) is 3.61. The highest BCUT2D eigenvalue weighted by Gasteiger charge is 2.22. The van der Waals surface area contributed by atoms with Crippen molar-refractivity contribution < 1.29 is 0 Å². The minimum atomic E-state index is 0.664. The summed E-state index contributed by atoms with van der Waals surface area (Å²) in [4.78, 5) is 4.14. The van der Waals surface area contributed by atoms with Crippen LogP contribution in [-0.4, -0.2) is 21.2 Å². The molecule has 0 aliphatic heterocycles. The first-order valence-corrected chi connectivity index (χ1v) is 6.81. The fourth-order valence-corrected chi connectivity index (χ4v) is 2.91. The second-order valence-electron chi connectivity index (χ2n) is 5.67. The van der Waals surface area contributed by atoms with Crippen molar-refractivity contribution >= 4 is 0 Å². The van der Waals surface area contributed by atoms with Gasteiger partial charge in [-0.3, -0.25) is 5.10 Å². The normalized spacial score (nSPS) is 25.4. The van der Waals surface area contributed by atoms with E-state index in [1.165, 1.54) is 32.1 Å². The van der Waals surface area contributed by atoms with E-state index in [-0.39, 0.29) is 0 Å². The summed E-state index contributed by atoms with van der Waals surface area (Å²) < 4.78 is 0. The number of hydrogen-bond donors (Lipinski definition) is 2. The molecule has 1 saturated carbocycles. The maximum atomic E-state index is 4.14. The van der Waals surface area contributed by atoms with Crippen LogP contribution in [0.4, 0.5) is 0 Å². The van der Waals surface area contributed by atoms with E-state index in [0.717, 1.165) is 24.2 Å². The fraction of sp³-hybridized carbons (Fsp3) is 0.846. The van der Waals surface area contributed by atoms with E-state index in [1.54, 1.807) is 6.33 Å². The average molecular weight is 236 g/mol. The number of aromatic nitrogens is 3. The molecule has 0 aromatic carbocycles. The lowest BCUT2D eigenvalue weighted by Gasteiger charge is -2.30. The summed E-state index contributed by atoms with van der Waals surface area (Å²) in [6.07, 6.45) is 8.36. The lowest BCUT2D eigenvalue weighted by atomic mass is 9.81. The Morgan fingerprint density at radius 2 is 2.35 bits per heavy atom. The van der Waals surface area contributed by atoms with Crippen molar-refractivity contribution in [1.29, 1.82) is 0 Å². The molecule has 1 aromatic heterocycles. The van der Waals surface area contributed by atoms with E-state index in [4.69, 9.17) is 0 Å². The Bertz CT molecular complexity index is 307. The highest BCUT2D eigenvalue weighted by atomic mass is 15.2. The molecule has 0 amide bonds. The molecule has 2 unspecified atom stereocenters. The topological polar surface area (TPSA) is 53.6 Å². The molecule has 17 heavy (non-hydrogen) atoms. The van der Waals surface area contributed by atoms with Gasteiger partial charge in [0.05, 0.1) is 6.54 Å². The summed E-state index contributed by atoms with van der Waals surface area (Å²) in [7, 11) is 0. The summed E-state index contributed by atoms with van der Waals surface area (Å²) >= 11 is 0. The van der Waals surface area contributed by atoms with Crippen LogP contribution >= 0.6 is 0 Å². The van der Waals surface area contributed by atoms with E-state index in [1.807, 2.05) is 0 Å². The summed E-state index contributed by atoms with van der Waals surface area (Å²) in [6, 6.07) is 0.664. The minimum absolute atomic E-state index is 0.664. The number of rotatable bonds is 5. The van der Waals surface area contributed by atoms with Crippen molar-refractivity contribution in [2.45, 2.75) is 58.5 Å². The van der Waals surface area contributed by atoms with Crippen LogP contribution in [0.2, 0.25) is 0 Å². The average Bonchev–Trinajstić information content (AvgIpc) is 2.79. The van der Waals surface area contributed by atoms with Gasteiger partial charge in [0.2, 0.25) is 0 Å². The van der Waals surface area contributed by atoms with Crippen LogP contribution < -0.4 is 5.32 Å². The van der Waals surface area contributed by atoms with Gasteiger partial charge in [-0.15, -0.1) is 0 Å². The Hall–Kier alpha value is -0.900. The van der Waals surface area contributed by atoms with E-state index in [0.29, 0.717) is 6.04 Å². The van der Waals surface area contributed by atoms with Crippen molar-refractivity contribution in [3.8, 4) is 0 Å². The number of aromatic amines is 1. The SMILES string of the molecule is CC(C)CC1CCCC(NCc2ncn[nH]2)C1. The quantitative estimate of drug-likeness (QED) is 0.826. The Balaban J connectivity index is 1.73. The van der Waals surface area contributed by atoms with Crippen LogP contribution in [0.5, 0.6) is 0 Å². The van der Waals surface area contributed by atoms with Gasteiger partial charge >= 0.3 is 0 Å². The van der Waals surface area contributed by atoms with Gasteiger partial charge in [0.1, 0.15) is 12.2 Å². The molecule has 2 rings (SSSR count). The van der Waals surface area contributed by atoms with Gasteiger partial charge in [-0.05, 0) is 31.1 Å². The Morgan fingerprint density at radius 1 is 1.47 bits per heavy atom. The molecule has 0 saturated heterocycles. The number of nitrogens with one attached hydrogen (secondary N) is 2. The monoisotopic (exact) mass is 236 g/mol. The largest absolute Gasteiger partial charge is 0.307 e. The lowest BCUT2D eigenvalue weighted by molar-refractivity contribution is 0.251. The number of nitrogens with zero attached hydrogens (tertiary/aromatic N) is 2. The first-order valence-electron chi connectivity index (χ1n) is 6.81. The van der Waals surface area contributed by atoms with E-state index in [9.17, 15) is 0 Å². The van der Waals surface area contributed by atoms with Crippen molar-refractivity contribution in [2.75, 3.05) is 0 Å². The van der Waals surface area contributed by atoms with Crippen LogP contribution in [0.1, 0.15) is 51.8 Å². The molecule has 1 aromatic rings. The minimum Gasteiger partial charge on any atom is -0.307 e. The number of H-pyrrole nitrogens is 1. The Labute approximate surface area is 104 Å². The zero-order chi connectivity index (χ0) is 12.1. The molecule has 1 heterocycles. The summed E-state index contributed by atoms with van der Waals surface area (Å²) in [6.45, 7) is 5.47. The van der Waals surface area contributed by atoms with Gasteiger partial charge < -0.3 is 5.32 Å². The number of hydrogen-bond acceptors (Lipinski definition) is 3. The van der Waals surface area contributed by atoms with Crippen molar-refractivity contribution in [2.24, 2.45) is 11.8 Å². The first-order chi connectivity index (χ1) is 8.24. The van der Waals surface area contributed by atoms with E-state index >= 15 is 0 Å². The predicted octanol–water partition coefficient (Wildman–Crippen LogP) is 2.50. The highest BCUT2D eigenvalue weighted by Crippen LogP contribution is 2.29. The second kappa shape index (κ2) is 6.15. The Morgan fingerprint density at radius 3 is 3.06 bits per heavy atom. The molecule has 96 valence electrons. The van der Waals surface area contributed by atoms with Crippen LogP contribution in [0.15, 0.2) is 6.33 Å². The molecule has 2 N–H and O–H groups in total. The maximum absolute atomic E-state index is 4.14. The summed E-state index contributed by atoms with van der Waals surface area (Å²) in [5.74, 6) is 2.68. The molecule has 0 bridgehead atoms. The molecule has 1 aliphatic rings. The molecule has 1 aliphatic carbocycles. The maximum Gasteiger partial charge on any atom is 0.138 e. The molecule has 2 atom stereocenters. The van der Waals surface area contributed by atoms with Crippen molar-refractivity contribution in [3.05, 3.63) is 12.2 Å². The molecule has 0 spiro atoms. The molecular formula is C13H24N4. The molecule has 4 heteroatoms. The van der Waals surface area contributed by atoms with Crippen molar-refractivity contribution in [3.63, 3.8) is 0 Å². The second-order valence-corrected chi connectivity index (χ2v) is 5.67. The Kier molecular flexibility index (Phi) is 4.54. The van der Waals surface area contributed by atoms with Gasteiger partial charge in [0, 0.05) is 6.04 Å². The summed E-state index contributed by atoms with van der Waals surface area (Å²) in [5.41, 5.74) is 0. The van der Waals surface area contributed by atoms with Crippen LogP contribution in [0, 0.1) is 11.8 Å². The molecular weight excluding hydrogens is 212 g/mol. The van der Waals surface area contributed by atoms with E-state index < -0.39 is 0 Å². The van der Waals surface area contributed by atoms with E-state index in [2.05, 4.69) is 34.3 Å². The zero-order valence-electron chi connectivity index (χ0n) is 10.9. The summed E-state index contributed by atoms with van der Waals surface area (Å²) in [5, 5.41) is 10.4. The predicted molar refractivity (Wildman–Crippen MR) is 68.4 cm³/mol. The molecule has 1 fully saturated rings. The standard InChI is InChI=1S/C13H24N4/c1-10(2)6-11-4-3-5-12(7-11)14-8-13-15-9-16-17-13/h9-12,14H,3-8H2,1-2H3,(H,15,16,17). The van der Waals surface area contributed by atoms with Gasteiger partial charge in [-0.1, -0.05) is 26.7 Å². The molecule has 4 nitrogen and oxygen atoms in total. The zero-order valence-corrected chi connectivity index (χ0v) is 10.9. The third kappa shape index (κ3) is 4.11. The van der Waals surface area contributed by atoms with Crippen molar-refractivity contribution in [1.82, 2.24) is 20.5 Å². The van der Waals surface area contributed by atoms with Crippen LogP contribution in [0.3, 0.4) is 0 Å². The smallest absolute Gasteiger partial charge is 0.138 e. The first kappa shape index (κ1) is 12.6. The van der Waals surface area contributed by atoms with Crippen LogP contribution in [0.25, 0.3) is 0 Å². The fourth-order valence-electron chi connectivity index (χ4n) is 2.91. The highest BCUT2D eigenvalue weighted by molar-refractivity contribution is 4.83. The van der Waals surface area contributed by atoms with Gasteiger partial charge in [-0.25, -0.2) is 4.98 Å². The third-order valence-corrected chi connectivity index (χ3v) is 3.61. The van der Waals surface area contributed by atoms with Gasteiger partial charge in [0.25, 0.3) is 0 Å². The molecule has 0 radical (unpaired) electrons.